The quantitative estimate of drug-likeness (QED) is 0.764. The van der Waals surface area contributed by atoms with Gasteiger partial charge in [-0.2, -0.15) is 0 Å². The molecule has 0 radical (unpaired) electrons. The van der Waals surface area contributed by atoms with Crippen LogP contribution in [-0.4, -0.2) is 0 Å². The van der Waals surface area contributed by atoms with Crippen LogP contribution in [0.1, 0.15) is 42.5 Å². The first-order chi connectivity index (χ1) is 9.26. The molecule has 0 spiro atoms. The van der Waals surface area contributed by atoms with Crippen molar-refractivity contribution in [1.29, 1.82) is 0 Å². The Kier molecular flexibility index (Phi) is 5.03. The van der Waals surface area contributed by atoms with E-state index in [9.17, 15) is 0 Å². The van der Waals surface area contributed by atoms with Crippen LogP contribution in [0.25, 0.3) is 0 Å². The molecule has 1 aromatic heterocycles. The van der Waals surface area contributed by atoms with E-state index in [0.29, 0.717) is 0 Å². The number of rotatable bonds is 6. The smallest absolute Gasteiger partial charge is 0.0920 e. The van der Waals surface area contributed by atoms with Crippen molar-refractivity contribution in [2.75, 3.05) is 5.32 Å². The second kappa shape index (κ2) is 6.76. The monoisotopic (exact) mass is 273 g/mol. The van der Waals surface area contributed by atoms with Gasteiger partial charge in [0, 0.05) is 6.54 Å². The van der Waals surface area contributed by atoms with Crippen LogP contribution in [0, 0.1) is 6.92 Å². The van der Waals surface area contributed by atoms with Crippen LogP contribution in [0.2, 0.25) is 0 Å². The molecular formula is C17H23NS. The Labute approximate surface area is 120 Å². The highest BCUT2D eigenvalue weighted by atomic mass is 32.1. The average molecular weight is 273 g/mol. The molecule has 0 saturated carbocycles. The van der Waals surface area contributed by atoms with E-state index < -0.39 is 0 Å². The maximum Gasteiger partial charge on any atom is 0.0920 e. The van der Waals surface area contributed by atoms with Crippen LogP contribution < -0.4 is 5.32 Å². The Morgan fingerprint density at radius 1 is 1.11 bits per heavy atom. The summed E-state index contributed by atoms with van der Waals surface area (Å²) in [5.74, 6) is 0. The Bertz CT molecular complexity index is 528. The van der Waals surface area contributed by atoms with E-state index in [1.54, 1.807) is 0 Å². The molecule has 2 rings (SSSR count). The van der Waals surface area contributed by atoms with E-state index >= 15 is 0 Å². The van der Waals surface area contributed by atoms with Gasteiger partial charge in [-0.15, -0.1) is 11.3 Å². The summed E-state index contributed by atoms with van der Waals surface area (Å²) < 4.78 is 0. The summed E-state index contributed by atoms with van der Waals surface area (Å²) in [5, 5.41) is 7.24. The lowest BCUT2D eigenvalue weighted by molar-refractivity contribution is 0.916. The van der Waals surface area contributed by atoms with Gasteiger partial charge in [0.2, 0.25) is 0 Å². The van der Waals surface area contributed by atoms with Crippen LogP contribution in [0.15, 0.2) is 29.6 Å². The molecule has 2 heteroatoms. The Morgan fingerprint density at radius 3 is 2.53 bits per heavy atom. The van der Waals surface area contributed by atoms with Crippen LogP contribution >= 0.6 is 11.3 Å². The molecule has 0 amide bonds. The largest absolute Gasteiger partial charge is 0.373 e. The van der Waals surface area contributed by atoms with Gasteiger partial charge in [-0.05, 0) is 47.4 Å². The number of aryl methyl sites for hydroxylation is 2. The van der Waals surface area contributed by atoms with Gasteiger partial charge in [-0.1, -0.05) is 44.5 Å². The molecule has 2 aromatic rings. The van der Waals surface area contributed by atoms with E-state index in [0.717, 1.165) is 13.0 Å². The summed E-state index contributed by atoms with van der Waals surface area (Å²) in [7, 11) is 0. The molecule has 0 saturated heterocycles. The number of hydrogen-bond acceptors (Lipinski definition) is 2. The minimum atomic E-state index is 0.931. The van der Waals surface area contributed by atoms with Crippen LogP contribution in [0.5, 0.6) is 0 Å². The molecule has 1 aromatic carbocycles. The zero-order chi connectivity index (χ0) is 13.7. The Hall–Kier alpha value is -1.28. The highest BCUT2D eigenvalue weighted by molar-refractivity contribution is 7.14. The van der Waals surface area contributed by atoms with Crippen molar-refractivity contribution in [2.45, 2.75) is 46.6 Å². The zero-order valence-corrected chi connectivity index (χ0v) is 12.9. The van der Waals surface area contributed by atoms with Crippen molar-refractivity contribution >= 4 is 16.3 Å². The molecule has 0 fully saturated rings. The molecule has 1 nitrogen and oxygen atoms in total. The molecule has 0 aliphatic rings. The third-order valence-electron chi connectivity index (χ3n) is 3.54. The molecule has 0 bridgehead atoms. The molecule has 1 heterocycles. The summed E-state index contributed by atoms with van der Waals surface area (Å²) in [4.78, 5) is 0. The van der Waals surface area contributed by atoms with Gasteiger partial charge in [0.1, 0.15) is 0 Å². The Morgan fingerprint density at radius 2 is 1.84 bits per heavy atom. The minimum absolute atomic E-state index is 0.931. The van der Waals surface area contributed by atoms with Crippen molar-refractivity contribution < 1.29 is 0 Å². The third kappa shape index (κ3) is 3.38. The highest BCUT2D eigenvalue weighted by Crippen LogP contribution is 2.29. The zero-order valence-electron chi connectivity index (χ0n) is 12.1. The second-order valence-corrected chi connectivity index (χ2v) is 5.83. The van der Waals surface area contributed by atoms with Crippen molar-refractivity contribution in [3.05, 3.63) is 51.9 Å². The lowest BCUT2D eigenvalue weighted by Crippen LogP contribution is -2.03. The van der Waals surface area contributed by atoms with Gasteiger partial charge in [-0.3, -0.25) is 0 Å². The van der Waals surface area contributed by atoms with Gasteiger partial charge in [0.25, 0.3) is 0 Å². The summed E-state index contributed by atoms with van der Waals surface area (Å²) >= 11 is 1.84. The number of hydrogen-bond donors (Lipinski definition) is 1. The van der Waals surface area contributed by atoms with Gasteiger partial charge < -0.3 is 5.32 Å². The fraction of sp³-hybridized carbons (Fsp3) is 0.412. The maximum atomic E-state index is 3.63. The molecule has 19 heavy (non-hydrogen) atoms. The SMILES string of the molecule is CCCc1c(C)csc1NCc1ccccc1CC. The number of nitrogens with one attached hydrogen (secondary N) is 1. The average Bonchev–Trinajstić information content (AvgIpc) is 2.78. The third-order valence-corrected chi connectivity index (χ3v) is 4.64. The van der Waals surface area contributed by atoms with E-state index in [1.807, 2.05) is 11.3 Å². The fourth-order valence-corrected chi connectivity index (χ4v) is 3.43. The lowest BCUT2D eigenvalue weighted by Gasteiger charge is -2.11. The maximum absolute atomic E-state index is 3.63. The first kappa shape index (κ1) is 14.1. The molecule has 1 N–H and O–H groups in total. The van der Waals surface area contributed by atoms with Crippen LogP contribution in [0.3, 0.4) is 0 Å². The Balaban J connectivity index is 2.10. The first-order valence-corrected chi connectivity index (χ1v) is 8.01. The van der Waals surface area contributed by atoms with Crippen molar-refractivity contribution in [1.82, 2.24) is 0 Å². The highest BCUT2D eigenvalue weighted by Gasteiger charge is 2.08. The minimum Gasteiger partial charge on any atom is -0.373 e. The van der Waals surface area contributed by atoms with Gasteiger partial charge in [0.15, 0.2) is 0 Å². The van der Waals surface area contributed by atoms with Crippen LogP contribution in [0.4, 0.5) is 5.00 Å². The normalized spacial score (nSPS) is 10.7. The number of anilines is 1. The summed E-state index contributed by atoms with van der Waals surface area (Å²) in [6.45, 7) is 7.61. The number of benzene rings is 1. The summed E-state index contributed by atoms with van der Waals surface area (Å²) in [5.41, 5.74) is 5.79. The van der Waals surface area contributed by atoms with Gasteiger partial charge in [0.05, 0.1) is 5.00 Å². The predicted octanol–water partition coefficient (Wildman–Crippen LogP) is 5.18. The lowest BCUT2D eigenvalue weighted by atomic mass is 10.1. The first-order valence-electron chi connectivity index (χ1n) is 7.13. The van der Waals surface area contributed by atoms with Crippen LogP contribution in [-0.2, 0) is 19.4 Å². The number of thiophene rings is 1. The van der Waals surface area contributed by atoms with E-state index in [1.165, 1.54) is 40.1 Å². The molecule has 102 valence electrons. The predicted molar refractivity (Wildman–Crippen MR) is 86.2 cm³/mol. The molecule has 0 aliphatic heterocycles. The second-order valence-electron chi connectivity index (χ2n) is 4.95. The van der Waals surface area contributed by atoms with E-state index in [-0.39, 0.29) is 0 Å². The fourth-order valence-electron chi connectivity index (χ4n) is 2.43. The summed E-state index contributed by atoms with van der Waals surface area (Å²) in [6, 6.07) is 8.71. The van der Waals surface area contributed by atoms with Gasteiger partial charge >= 0.3 is 0 Å². The molecule has 0 atom stereocenters. The molecule has 0 unspecified atom stereocenters. The van der Waals surface area contributed by atoms with Crippen molar-refractivity contribution in [3.8, 4) is 0 Å². The standard InChI is InChI=1S/C17H23NS/c1-4-8-16-13(3)12-19-17(16)18-11-15-10-7-6-9-14(15)5-2/h6-7,9-10,12,18H,4-5,8,11H2,1-3H3. The van der Waals surface area contributed by atoms with Crippen molar-refractivity contribution in [3.63, 3.8) is 0 Å². The summed E-state index contributed by atoms with van der Waals surface area (Å²) in [6.07, 6.45) is 3.48. The van der Waals surface area contributed by atoms with Gasteiger partial charge in [-0.25, -0.2) is 0 Å². The topological polar surface area (TPSA) is 12.0 Å². The van der Waals surface area contributed by atoms with E-state index in [4.69, 9.17) is 0 Å². The van der Waals surface area contributed by atoms with E-state index in [2.05, 4.69) is 55.7 Å². The van der Waals surface area contributed by atoms with Crippen molar-refractivity contribution in [2.24, 2.45) is 0 Å². The molecule has 0 aliphatic carbocycles. The molecular weight excluding hydrogens is 250 g/mol.